The Morgan fingerprint density at radius 1 is 1.25 bits per heavy atom. The maximum absolute atomic E-state index is 11.9. The Kier molecular flexibility index (Phi) is 5.30. The summed E-state index contributed by atoms with van der Waals surface area (Å²) < 4.78 is 0. The Labute approximate surface area is 123 Å². The molecule has 108 valence electrons. The minimum absolute atomic E-state index is 0. The molecule has 1 aromatic carbocycles. The number of nitrogens with two attached hydrogens (primary N) is 1. The third-order valence-electron chi connectivity index (χ3n) is 3.28. The standard InChI is InChI=1S/C14H16N2O3.ClH/c15-14(8-1-9-14)13(19)16-11-5-2-10(3-6-11)4-7-12(17)18;/h2-7H,1,8-9,15H2,(H,16,19)(H,17,18);1H/b7-4+;. The molecule has 1 aliphatic carbocycles. The zero-order valence-corrected chi connectivity index (χ0v) is 11.7. The lowest BCUT2D eigenvalue weighted by Gasteiger charge is -2.36. The van der Waals surface area contributed by atoms with Crippen molar-refractivity contribution in [2.75, 3.05) is 5.32 Å². The summed E-state index contributed by atoms with van der Waals surface area (Å²) in [7, 11) is 0. The molecule has 0 radical (unpaired) electrons. The molecule has 1 amide bonds. The van der Waals surface area contributed by atoms with Crippen LogP contribution in [0, 0.1) is 0 Å². The van der Waals surface area contributed by atoms with Crippen molar-refractivity contribution in [3.05, 3.63) is 35.9 Å². The van der Waals surface area contributed by atoms with E-state index in [4.69, 9.17) is 10.8 Å². The van der Waals surface area contributed by atoms with Crippen LogP contribution < -0.4 is 11.1 Å². The number of nitrogens with one attached hydrogen (secondary N) is 1. The molecule has 6 heteroatoms. The SMILES string of the molecule is Cl.NC1(C(=O)Nc2ccc(/C=C/C(=O)O)cc2)CCC1. The van der Waals surface area contributed by atoms with Crippen molar-refractivity contribution in [1.29, 1.82) is 0 Å². The first-order chi connectivity index (χ1) is 8.99. The molecule has 0 unspecified atom stereocenters. The monoisotopic (exact) mass is 296 g/mol. The number of hydrogen-bond acceptors (Lipinski definition) is 3. The Bertz CT molecular complexity index is 522. The van der Waals surface area contributed by atoms with E-state index in [0.717, 1.165) is 30.9 Å². The fourth-order valence-electron chi connectivity index (χ4n) is 1.89. The largest absolute Gasteiger partial charge is 0.478 e. The van der Waals surface area contributed by atoms with Gasteiger partial charge in [-0.25, -0.2) is 4.79 Å². The van der Waals surface area contributed by atoms with E-state index in [1.54, 1.807) is 24.3 Å². The number of carbonyl (C=O) groups excluding carboxylic acids is 1. The number of hydrogen-bond donors (Lipinski definition) is 3. The molecular weight excluding hydrogens is 280 g/mol. The number of rotatable bonds is 4. The Balaban J connectivity index is 0.00000200. The average molecular weight is 297 g/mol. The summed E-state index contributed by atoms with van der Waals surface area (Å²) in [5.41, 5.74) is 6.61. The van der Waals surface area contributed by atoms with Gasteiger partial charge in [0, 0.05) is 11.8 Å². The second kappa shape index (κ2) is 6.54. The van der Waals surface area contributed by atoms with Crippen LogP contribution in [0.15, 0.2) is 30.3 Å². The summed E-state index contributed by atoms with van der Waals surface area (Å²) >= 11 is 0. The summed E-state index contributed by atoms with van der Waals surface area (Å²) in [5, 5.41) is 11.3. The molecule has 1 saturated carbocycles. The van der Waals surface area contributed by atoms with E-state index in [-0.39, 0.29) is 18.3 Å². The van der Waals surface area contributed by atoms with E-state index in [1.165, 1.54) is 6.08 Å². The summed E-state index contributed by atoms with van der Waals surface area (Å²) in [4.78, 5) is 22.3. The molecule has 0 spiro atoms. The molecule has 20 heavy (non-hydrogen) atoms. The summed E-state index contributed by atoms with van der Waals surface area (Å²) in [6, 6.07) is 6.92. The summed E-state index contributed by atoms with van der Waals surface area (Å²) in [6.07, 6.45) is 4.99. The minimum Gasteiger partial charge on any atom is -0.478 e. The quantitative estimate of drug-likeness (QED) is 0.741. The highest BCUT2D eigenvalue weighted by Crippen LogP contribution is 2.30. The van der Waals surface area contributed by atoms with Gasteiger partial charge in [-0.1, -0.05) is 12.1 Å². The van der Waals surface area contributed by atoms with Gasteiger partial charge in [-0.2, -0.15) is 0 Å². The van der Waals surface area contributed by atoms with Crippen molar-refractivity contribution < 1.29 is 14.7 Å². The second-order valence-electron chi connectivity index (χ2n) is 4.76. The highest BCUT2D eigenvalue weighted by molar-refractivity contribution is 5.98. The van der Waals surface area contributed by atoms with Gasteiger partial charge in [0.25, 0.3) is 0 Å². The number of carboxylic acid groups (broad SMARTS) is 1. The predicted molar refractivity (Wildman–Crippen MR) is 79.8 cm³/mol. The lowest BCUT2D eigenvalue weighted by Crippen LogP contribution is -2.56. The number of aliphatic carboxylic acids is 1. The number of amides is 1. The van der Waals surface area contributed by atoms with Gasteiger partial charge in [0.2, 0.25) is 5.91 Å². The molecule has 0 heterocycles. The van der Waals surface area contributed by atoms with Gasteiger partial charge >= 0.3 is 5.97 Å². The normalized spacial score (nSPS) is 16.1. The maximum atomic E-state index is 11.9. The topological polar surface area (TPSA) is 92.4 Å². The first-order valence-corrected chi connectivity index (χ1v) is 6.11. The number of anilines is 1. The van der Waals surface area contributed by atoms with E-state index in [1.807, 2.05) is 0 Å². The van der Waals surface area contributed by atoms with Gasteiger partial charge < -0.3 is 16.2 Å². The van der Waals surface area contributed by atoms with Gasteiger partial charge in [0.1, 0.15) is 0 Å². The molecule has 5 nitrogen and oxygen atoms in total. The number of benzene rings is 1. The molecule has 1 aliphatic rings. The molecule has 0 saturated heterocycles. The van der Waals surface area contributed by atoms with Crippen LogP contribution in [-0.2, 0) is 9.59 Å². The first kappa shape index (κ1) is 16.2. The van der Waals surface area contributed by atoms with E-state index >= 15 is 0 Å². The van der Waals surface area contributed by atoms with Gasteiger partial charge in [-0.15, -0.1) is 12.4 Å². The smallest absolute Gasteiger partial charge is 0.328 e. The molecule has 0 atom stereocenters. The van der Waals surface area contributed by atoms with Crippen LogP contribution in [0.25, 0.3) is 6.08 Å². The molecule has 1 fully saturated rings. The highest BCUT2D eigenvalue weighted by Gasteiger charge is 2.39. The molecular formula is C14H17ClN2O3. The zero-order chi connectivity index (χ0) is 13.9. The molecule has 0 bridgehead atoms. The van der Waals surface area contributed by atoms with Crippen molar-refractivity contribution in [3.8, 4) is 0 Å². The van der Waals surface area contributed by atoms with Crippen molar-refractivity contribution >= 4 is 36.0 Å². The van der Waals surface area contributed by atoms with Crippen LogP contribution in [0.4, 0.5) is 5.69 Å². The Hall–Kier alpha value is -1.85. The van der Waals surface area contributed by atoms with Crippen molar-refractivity contribution in [1.82, 2.24) is 0 Å². The second-order valence-corrected chi connectivity index (χ2v) is 4.76. The fourth-order valence-corrected chi connectivity index (χ4v) is 1.89. The third kappa shape index (κ3) is 3.82. The van der Waals surface area contributed by atoms with E-state index in [9.17, 15) is 9.59 Å². The van der Waals surface area contributed by atoms with Crippen LogP contribution in [0.2, 0.25) is 0 Å². The average Bonchev–Trinajstić information content (AvgIpc) is 2.35. The number of carbonyl (C=O) groups is 2. The van der Waals surface area contributed by atoms with Crippen LogP contribution >= 0.6 is 12.4 Å². The zero-order valence-electron chi connectivity index (χ0n) is 10.8. The van der Waals surface area contributed by atoms with Crippen LogP contribution in [0.3, 0.4) is 0 Å². The minimum atomic E-state index is -0.993. The number of halogens is 1. The lowest BCUT2D eigenvalue weighted by molar-refractivity contribution is -0.131. The van der Waals surface area contributed by atoms with Gasteiger partial charge in [0.05, 0.1) is 5.54 Å². The molecule has 4 N–H and O–H groups in total. The molecule has 1 aromatic rings. The van der Waals surface area contributed by atoms with E-state index in [2.05, 4.69) is 5.32 Å². The maximum Gasteiger partial charge on any atom is 0.328 e. The van der Waals surface area contributed by atoms with Crippen molar-refractivity contribution in [2.45, 2.75) is 24.8 Å². The fraction of sp³-hybridized carbons (Fsp3) is 0.286. The Morgan fingerprint density at radius 2 is 1.85 bits per heavy atom. The summed E-state index contributed by atoms with van der Waals surface area (Å²) in [6.45, 7) is 0. The van der Waals surface area contributed by atoms with Gasteiger partial charge in [0.15, 0.2) is 0 Å². The Morgan fingerprint density at radius 3 is 2.30 bits per heavy atom. The van der Waals surface area contributed by atoms with Crippen LogP contribution in [0.5, 0.6) is 0 Å². The molecule has 0 aromatic heterocycles. The first-order valence-electron chi connectivity index (χ1n) is 6.11. The van der Waals surface area contributed by atoms with Crippen LogP contribution in [-0.4, -0.2) is 22.5 Å². The lowest BCUT2D eigenvalue weighted by atomic mass is 9.77. The van der Waals surface area contributed by atoms with Gasteiger partial charge in [-0.05, 0) is 43.0 Å². The molecule has 2 rings (SSSR count). The highest BCUT2D eigenvalue weighted by atomic mass is 35.5. The molecule has 0 aliphatic heterocycles. The van der Waals surface area contributed by atoms with E-state index in [0.29, 0.717) is 5.69 Å². The van der Waals surface area contributed by atoms with Crippen LogP contribution in [0.1, 0.15) is 24.8 Å². The predicted octanol–water partition coefficient (Wildman–Crippen LogP) is 2.03. The van der Waals surface area contributed by atoms with Gasteiger partial charge in [-0.3, -0.25) is 4.79 Å². The third-order valence-corrected chi connectivity index (χ3v) is 3.28. The van der Waals surface area contributed by atoms with Crippen molar-refractivity contribution in [2.24, 2.45) is 5.73 Å². The summed E-state index contributed by atoms with van der Waals surface area (Å²) in [5.74, 6) is -1.15. The number of carboxylic acids is 1. The van der Waals surface area contributed by atoms with E-state index < -0.39 is 11.5 Å². The van der Waals surface area contributed by atoms with Crippen molar-refractivity contribution in [3.63, 3.8) is 0 Å².